The summed E-state index contributed by atoms with van der Waals surface area (Å²) in [6.45, 7) is 1.59. The topological polar surface area (TPSA) is 62.3 Å². The van der Waals surface area contributed by atoms with Crippen molar-refractivity contribution in [3.63, 3.8) is 0 Å². The van der Waals surface area contributed by atoms with Crippen molar-refractivity contribution in [2.45, 2.75) is 10.9 Å². The van der Waals surface area contributed by atoms with Crippen molar-refractivity contribution in [1.82, 2.24) is 14.6 Å². The van der Waals surface area contributed by atoms with Gasteiger partial charge in [-0.25, -0.2) is 8.42 Å². The first kappa shape index (κ1) is 15.4. The predicted molar refractivity (Wildman–Crippen MR) is 85.2 cm³/mol. The van der Waals surface area contributed by atoms with Crippen LogP contribution >= 0.6 is 11.6 Å². The summed E-state index contributed by atoms with van der Waals surface area (Å²) >= 11 is 5.94. The molecule has 3 rings (SSSR count). The summed E-state index contributed by atoms with van der Waals surface area (Å²) in [7, 11) is -3.60. The first-order chi connectivity index (χ1) is 10.6. The molecule has 5 nitrogen and oxygen atoms in total. The maximum atomic E-state index is 12.9. The number of nitrogens with zero attached hydrogens (tertiary/aromatic N) is 2. The van der Waals surface area contributed by atoms with E-state index < -0.39 is 10.0 Å². The third-order valence-corrected chi connectivity index (χ3v) is 5.81. The third-order valence-electron chi connectivity index (χ3n) is 3.67. The zero-order valence-electron chi connectivity index (χ0n) is 11.8. The molecule has 1 atom stereocenters. The average molecular weight is 338 g/mol. The highest BCUT2D eigenvalue weighted by Crippen LogP contribution is 2.29. The minimum absolute atomic E-state index is 0.218. The van der Waals surface area contributed by atoms with E-state index in [0.29, 0.717) is 24.7 Å². The minimum atomic E-state index is -3.60. The molecule has 22 heavy (non-hydrogen) atoms. The molecule has 2 heterocycles. The van der Waals surface area contributed by atoms with Crippen molar-refractivity contribution >= 4 is 21.6 Å². The molecule has 1 N–H and O–H groups in total. The van der Waals surface area contributed by atoms with Gasteiger partial charge in [0.25, 0.3) is 0 Å². The molecular formula is C15H16ClN3O2S. The Morgan fingerprint density at radius 2 is 2.14 bits per heavy atom. The molecule has 7 heteroatoms. The van der Waals surface area contributed by atoms with Crippen LogP contribution in [-0.2, 0) is 10.0 Å². The van der Waals surface area contributed by atoms with Crippen LogP contribution in [0.4, 0.5) is 0 Å². The van der Waals surface area contributed by atoms with E-state index in [2.05, 4.69) is 10.3 Å². The highest BCUT2D eigenvalue weighted by molar-refractivity contribution is 7.89. The van der Waals surface area contributed by atoms with Gasteiger partial charge in [0, 0.05) is 37.1 Å². The summed E-state index contributed by atoms with van der Waals surface area (Å²) in [6, 6.07) is 9.81. The van der Waals surface area contributed by atoms with E-state index >= 15 is 0 Å². The van der Waals surface area contributed by atoms with Crippen LogP contribution in [0.2, 0.25) is 5.02 Å². The predicted octanol–water partition coefficient (Wildman–Crippen LogP) is 2.07. The van der Waals surface area contributed by atoms with Crippen LogP contribution in [0, 0.1) is 0 Å². The van der Waals surface area contributed by atoms with Gasteiger partial charge in [-0.1, -0.05) is 23.7 Å². The molecular weight excluding hydrogens is 322 g/mol. The standard InChI is InChI=1S/C15H16ClN3O2S/c16-13-4-1-5-14(9-13)22(20,21)19-8-7-18-11-15(19)12-3-2-6-17-10-12/h1-6,9-10,15,18H,7-8,11H2. The van der Waals surface area contributed by atoms with Crippen molar-refractivity contribution in [3.8, 4) is 0 Å². The van der Waals surface area contributed by atoms with E-state index in [1.807, 2.05) is 12.1 Å². The minimum Gasteiger partial charge on any atom is -0.313 e. The number of rotatable bonds is 3. The van der Waals surface area contributed by atoms with Crippen molar-refractivity contribution in [3.05, 3.63) is 59.4 Å². The van der Waals surface area contributed by atoms with Gasteiger partial charge in [0.1, 0.15) is 0 Å². The molecule has 2 aromatic rings. The van der Waals surface area contributed by atoms with Gasteiger partial charge >= 0.3 is 0 Å². The Bertz CT molecular complexity index is 752. The molecule has 1 aliphatic heterocycles. The lowest BCUT2D eigenvalue weighted by atomic mass is 10.1. The second kappa shape index (κ2) is 6.34. The van der Waals surface area contributed by atoms with Crippen molar-refractivity contribution in [1.29, 1.82) is 0 Å². The fourth-order valence-electron chi connectivity index (χ4n) is 2.59. The molecule has 116 valence electrons. The number of piperazine rings is 1. The molecule has 1 fully saturated rings. The van der Waals surface area contributed by atoms with Gasteiger partial charge in [0.15, 0.2) is 0 Å². The van der Waals surface area contributed by atoms with Gasteiger partial charge in [-0.3, -0.25) is 4.98 Å². The van der Waals surface area contributed by atoms with Gasteiger partial charge < -0.3 is 5.32 Å². The molecule has 1 aliphatic rings. The van der Waals surface area contributed by atoms with Gasteiger partial charge in [0.2, 0.25) is 10.0 Å². The summed E-state index contributed by atoms with van der Waals surface area (Å²) in [4.78, 5) is 4.31. The second-order valence-corrected chi connectivity index (χ2v) is 7.41. The first-order valence-corrected chi connectivity index (χ1v) is 8.79. The third kappa shape index (κ3) is 3.01. The summed E-state index contributed by atoms with van der Waals surface area (Å²) in [5, 5.41) is 3.65. The van der Waals surface area contributed by atoms with Crippen LogP contribution < -0.4 is 5.32 Å². The van der Waals surface area contributed by atoms with E-state index in [1.54, 1.807) is 30.6 Å². The summed E-state index contributed by atoms with van der Waals surface area (Å²) in [5.41, 5.74) is 0.875. The van der Waals surface area contributed by atoms with Crippen LogP contribution in [0.3, 0.4) is 0 Å². The summed E-state index contributed by atoms with van der Waals surface area (Å²) in [5.74, 6) is 0. The Hall–Kier alpha value is -1.47. The summed E-state index contributed by atoms with van der Waals surface area (Å²) < 4.78 is 27.4. The maximum Gasteiger partial charge on any atom is 0.243 e. The Morgan fingerprint density at radius 1 is 1.27 bits per heavy atom. The molecule has 0 aliphatic carbocycles. The number of sulfonamides is 1. The smallest absolute Gasteiger partial charge is 0.243 e. The van der Waals surface area contributed by atoms with E-state index in [4.69, 9.17) is 11.6 Å². The van der Waals surface area contributed by atoms with Crippen molar-refractivity contribution < 1.29 is 8.42 Å². The van der Waals surface area contributed by atoms with E-state index in [1.165, 1.54) is 10.4 Å². The number of benzene rings is 1. The lowest BCUT2D eigenvalue weighted by molar-refractivity contribution is 0.271. The summed E-state index contributed by atoms with van der Waals surface area (Å²) in [6.07, 6.45) is 3.38. The SMILES string of the molecule is O=S(=O)(c1cccc(Cl)c1)N1CCNCC1c1cccnc1. The van der Waals surface area contributed by atoms with Crippen LogP contribution in [0.15, 0.2) is 53.7 Å². The molecule has 0 saturated carbocycles. The van der Waals surface area contributed by atoms with Crippen molar-refractivity contribution in [2.75, 3.05) is 19.6 Å². The van der Waals surface area contributed by atoms with Crippen LogP contribution in [0.5, 0.6) is 0 Å². The van der Waals surface area contributed by atoms with E-state index in [0.717, 1.165) is 5.56 Å². The maximum absolute atomic E-state index is 12.9. The van der Waals surface area contributed by atoms with Crippen molar-refractivity contribution in [2.24, 2.45) is 0 Å². The Balaban J connectivity index is 2.00. The molecule has 1 unspecified atom stereocenters. The number of pyridine rings is 1. The number of nitrogens with one attached hydrogen (secondary N) is 1. The number of hydrogen-bond donors (Lipinski definition) is 1. The zero-order valence-corrected chi connectivity index (χ0v) is 13.4. The average Bonchev–Trinajstić information content (AvgIpc) is 2.56. The van der Waals surface area contributed by atoms with Gasteiger partial charge in [-0.15, -0.1) is 0 Å². The van der Waals surface area contributed by atoms with E-state index in [9.17, 15) is 8.42 Å². The Labute approximate surface area is 135 Å². The Morgan fingerprint density at radius 3 is 2.86 bits per heavy atom. The highest BCUT2D eigenvalue weighted by Gasteiger charge is 2.34. The quantitative estimate of drug-likeness (QED) is 0.931. The second-order valence-electron chi connectivity index (χ2n) is 5.08. The molecule has 0 amide bonds. The van der Waals surface area contributed by atoms with Crippen LogP contribution in [-0.4, -0.2) is 37.3 Å². The number of halogens is 1. The first-order valence-electron chi connectivity index (χ1n) is 6.97. The highest BCUT2D eigenvalue weighted by atomic mass is 35.5. The molecule has 0 bridgehead atoms. The number of aromatic nitrogens is 1. The fourth-order valence-corrected chi connectivity index (χ4v) is 4.51. The number of hydrogen-bond acceptors (Lipinski definition) is 4. The van der Waals surface area contributed by atoms with Crippen LogP contribution in [0.1, 0.15) is 11.6 Å². The molecule has 1 aromatic carbocycles. The monoisotopic (exact) mass is 337 g/mol. The largest absolute Gasteiger partial charge is 0.313 e. The van der Waals surface area contributed by atoms with Gasteiger partial charge in [0.05, 0.1) is 10.9 Å². The normalized spacial score (nSPS) is 20.0. The van der Waals surface area contributed by atoms with Gasteiger partial charge in [-0.05, 0) is 29.8 Å². The lowest BCUT2D eigenvalue weighted by Gasteiger charge is -2.35. The molecule has 0 spiro atoms. The zero-order chi connectivity index (χ0) is 15.6. The lowest BCUT2D eigenvalue weighted by Crippen LogP contribution is -2.48. The van der Waals surface area contributed by atoms with Gasteiger partial charge in [-0.2, -0.15) is 4.31 Å². The van der Waals surface area contributed by atoms with E-state index in [-0.39, 0.29) is 10.9 Å². The molecule has 0 radical (unpaired) electrons. The Kier molecular flexibility index (Phi) is 4.44. The van der Waals surface area contributed by atoms with Crippen LogP contribution in [0.25, 0.3) is 0 Å². The molecule has 1 aromatic heterocycles. The fraction of sp³-hybridized carbons (Fsp3) is 0.267. The molecule has 1 saturated heterocycles.